The molecule has 4 heteroatoms. The molecule has 0 spiro atoms. The molecule has 0 aliphatic heterocycles. The van der Waals surface area contributed by atoms with Crippen LogP contribution in [0.4, 0.5) is 0 Å². The highest BCUT2D eigenvalue weighted by Crippen LogP contribution is 2.18. The van der Waals surface area contributed by atoms with Gasteiger partial charge in [0, 0.05) is 30.9 Å². The van der Waals surface area contributed by atoms with Crippen molar-refractivity contribution in [1.29, 1.82) is 0 Å². The molecule has 1 amide bonds. The molecule has 0 saturated carbocycles. The number of amides is 1. The van der Waals surface area contributed by atoms with Crippen molar-refractivity contribution < 1.29 is 14.3 Å². The summed E-state index contributed by atoms with van der Waals surface area (Å²) in [5, 5.41) is 3.00. The van der Waals surface area contributed by atoms with Crippen LogP contribution in [-0.4, -0.2) is 30.9 Å². The quantitative estimate of drug-likeness (QED) is 0.567. The van der Waals surface area contributed by atoms with E-state index in [1.54, 1.807) is 0 Å². The molecule has 28 heavy (non-hydrogen) atoms. The molecule has 152 valence electrons. The van der Waals surface area contributed by atoms with E-state index in [0.29, 0.717) is 31.9 Å². The predicted octanol–water partition coefficient (Wildman–Crippen LogP) is 4.64. The molecule has 1 aliphatic rings. The Kier molecular flexibility index (Phi) is 9.15. The molecule has 2 rings (SSSR count). The minimum absolute atomic E-state index is 0.0315. The molecular formula is C24H33NO3. The van der Waals surface area contributed by atoms with E-state index in [1.165, 1.54) is 0 Å². The number of ketones is 1. The minimum Gasteiger partial charge on any atom is -0.378 e. The topological polar surface area (TPSA) is 55.4 Å². The van der Waals surface area contributed by atoms with Gasteiger partial charge in [0.05, 0.1) is 12.7 Å². The summed E-state index contributed by atoms with van der Waals surface area (Å²) in [6.45, 7) is 6.83. The third-order valence-electron chi connectivity index (χ3n) is 4.98. The average molecular weight is 384 g/mol. The fourth-order valence-electron chi connectivity index (χ4n) is 3.29. The van der Waals surface area contributed by atoms with Crippen LogP contribution in [0.15, 0.2) is 48.6 Å². The lowest BCUT2D eigenvalue weighted by atomic mass is 9.95. The number of carbonyl (C=O) groups is 2. The number of carbonyl (C=O) groups excluding carboxylic acids is 2. The van der Waals surface area contributed by atoms with E-state index in [-0.39, 0.29) is 23.7 Å². The van der Waals surface area contributed by atoms with Crippen LogP contribution in [0.2, 0.25) is 0 Å². The second-order valence-corrected chi connectivity index (χ2v) is 7.84. The Morgan fingerprint density at radius 2 is 2.00 bits per heavy atom. The first-order valence-electron chi connectivity index (χ1n) is 10.3. The zero-order chi connectivity index (χ0) is 20.4. The number of allylic oxidation sites excluding steroid dienone is 4. The van der Waals surface area contributed by atoms with E-state index in [1.807, 2.05) is 57.2 Å². The number of ether oxygens (including phenoxy) is 1. The smallest absolute Gasteiger partial charge is 0.220 e. The van der Waals surface area contributed by atoms with Crippen molar-refractivity contribution in [2.75, 3.05) is 13.2 Å². The van der Waals surface area contributed by atoms with Crippen LogP contribution in [0.5, 0.6) is 0 Å². The van der Waals surface area contributed by atoms with Crippen LogP contribution in [0.25, 0.3) is 0 Å². The van der Waals surface area contributed by atoms with Gasteiger partial charge in [-0.25, -0.2) is 0 Å². The van der Waals surface area contributed by atoms with Crippen LogP contribution in [0, 0.1) is 18.8 Å². The Balaban J connectivity index is 1.84. The SMILES string of the molecule is Cc1ccccc1C(=O)CC(CNC(=O)CCC1C=CC=CC1)COC(C)C. The fourth-order valence-corrected chi connectivity index (χ4v) is 3.29. The second kappa shape index (κ2) is 11.6. The van der Waals surface area contributed by atoms with E-state index in [4.69, 9.17) is 4.74 Å². The van der Waals surface area contributed by atoms with E-state index in [0.717, 1.165) is 24.0 Å². The standard InChI is InChI=1S/C24H33NO3/c1-18(2)28-17-21(15-23(26)22-12-8-7-9-19(22)3)16-25-24(27)14-13-20-10-5-4-6-11-20/h4-10,12,18,20-21H,11,13-17H2,1-3H3,(H,25,27). The lowest BCUT2D eigenvalue weighted by Crippen LogP contribution is -2.33. The Labute approximate surface area is 169 Å². The van der Waals surface area contributed by atoms with E-state index in [2.05, 4.69) is 17.5 Å². The van der Waals surface area contributed by atoms with Gasteiger partial charge in [0.25, 0.3) is 0 Å². The predicted molar refractivity (Wildman–Crippen MR) is 113 cm³/mol. The van der Waals surface area contributed by atoms with Crippen molar-refractivity contribution in [2.24, 2.45) is 11.8 Å². The number of rotatable bonds is 11. The molecule has 0 aromatic heterocycles. The monoisotopic (exact) mass is 383 g/mol. The number of nitrogens with one attached hydrogen (secondary N) is 1. The molecule has 1 aromatic rings. The van der Waals surface area contributed by atoms with Crippen molar-refractivity contribution in [3.8, 4) is 0 Å². The highest BCUT2D eigenvalue weighted by molar-refractivity contribution is 5.97. The van der Waals surface area contributed by atoms with Gasteiger partial charge in [-0.3, -0.25) is 9.59 Å². The summed E-state index contributed by atoms with van der Waals surface area (Å²) < 4.78 is 5.74. The minimum atomic E-state index is -0.0315. The second-order valence-electron chi connectivity index (χ2n) is 7.84. The molecule has 0 radical (unpaired) electrons. The average Bonchev–Trinajstić information content (AvgIpc) is 2.69. The third-order valence-corrected chi connectivity index (χ3v) is 4.98. The van der Waals surface area contributed by atoms with Crippen LogP contribution >= 0.6 is 0 Å². The summed E-state index contributed by atoms with van der Waals surface area (Å²) in [6.07, 6.45) is 11.2. The molecule has 4 nitrogen and oxygen atoms in total. The van der Waals surface area contributed by atoms with Crippen LogP contribution in [-0.2, 0) is 9.53 Å². The summed E-state index contributed by atoms with van der Waals surface area (Å²) in [4.78, 5) is 25.0. The Bertz CT molecular complexity index is 706. The fraction of sp³-hybridized carbons (Fsp3) is 0.500. The molecule has 0 heterocycles. The first-order chi connectivity index (χ1) is 13.5. The van der Waals surface area contributed by atoms with Gasteiger partial charge in [-0.15, -0.1) is 0 Å². The number of benzene rings is 1. The molecule has 1 aliphatic carbocycles. The van der Waals surface area contributed by atoms with E-state index < -0.39 is 0 Å². The first kappa shape index (κ1) is 22.1. The van der Waals surface area contributed by atoms with Gasteiger partial charge in [0.15, 0.2) is 5.78 Å². The molecule has 2 unspecified atom stereocenters. The molecule has 2 atom stereocenters. The van der Waals surface area contributed by atoms with E-state index >= 15 is 0 Å². The lowest BCUT2D eigenvalue weighted by Gasteiger charge is -2.20. The Hall–Kier alpha value is -2.20. The molecule has 1 N–H and O–H groups in total. The van der Waals surface area contributed by atoms with Crippen LogP contribution in [0.3, 0.4) is 0 Å². The Morgan fingerprint density at radius 3 is 2.68 bits per heavy atom. The maximum absolute atomic E-state index is 12.7. The van der Waals surface area contributed by atoms with Gasteiger partial charge in [0.2, 0.25) is 5.91 Å². The number of Topliss-reactive ketones (excluding diaryl/α,β-unsaturated/α-hetero) is 1. The van der Waals surface area contributed by atoms with Gasteiger partial charge in [-0.05, 0) is 45.1 Å². The summed E-state index contributed by atoms with van der Waals surface area (Å²) in [5.41, 5.74) is 1.73. The van der Waals surface area contributed by atoms with Crippen molar-refractivity contribution in [3.63, 3.8) is 0 Å². The number of hydrogen-bond donors (Lipinski definition) is 1. The molecule has 0 fully saturated rings. The molecule has 1 aromatic carbocycles. The zero-order valence-corrected chi connectivity index (χ0v) is 17.3. The van der Waals surface area contributed by atoms with Crippen molar-refractivity contribution in [1.82, 2.24) is 5.32 Å². The van der Waals surface area contributed by atoms with Gasteiger partial charge in [-0.1, -0.05) is 48.6 Å². The highest BCUT2D eigenvalue weighted by Gasteiger charge is 2.19. The highest BCUT2D eigenvalue weighted by atomic mass is 16.5. The van der Waals surface area contributed by atoms with Crippen molar-refractivity contribution >= 4 is 11.7 Å². The summed E-state index contributed by atoms with van der Waals surface area (Å²) in [7, 11) is 0. The van der Waals surface area contributed by atoms with Crippen molar-refractivity contribution in [2.45, 2.75) is 52.6 Å². The molecular weight excluding hydrogens is 350 g/mol. The lowest BCUT2D eigenvalue weighted by molar-refractivity contribution is -0.121. The normalized spacial score (nSPS) is 16.9. The maximum atomic E-state index is 12.7. The first-order valence-corrected chi connectivity index (χ1v) is 10.3. The molecule has 0 bridgehead atoms. The zero-order valence-electron chi connectivity index (χ0n) is 17.3. The molecule has 0 saturated heterocycles. The van der Waals surface area contributed by atoms with Crippen LogP contribution in [0.1, 0.15) is 55.5 Å². The largest absolute Gasteiger partial charge is 0.378 e. The summed E-state index contributed by atoms with van der Waals surface area (Å²) in [5.74, 6) is 0.555. The summed E-state index contributed by atoms with van der Waals surface area (Å²) >= 11 is 0. The van der Waals surface area contributed by atoms with Crippen LogP contribution < -0.4 is 5.32 Å². The third kappa shape index (κ3) is 7.81. The van der Waals surface area contributed by atoms with Gasteiger partial charge < -0.3 is 10.1 Å². The maximum Gasteiger partial charge on any atom is 0.220 e. The van der Waals surface area contributed by atoms with Gasteiger partial charge >= 0.3 is 0 Å². The van der Waals surface area contributed by atoms with E-state index in [9.17, 15) is 9.59 Å². The van der Waals surface area contributed by atoms with Crippen molar-refractivity contribution in [3.05, 3.63) is 59.7 Å². The Morgan fingerprint density at radius 1 is 1.21 bits per heavy atom. The summed E-state index contributed by atoms with van der Waals surface area (Å²) in [6, 6.07) is 7.63. The van der Waals surface area contributed by atoms with Gasteiger partial charge in [0.1, 0.15) is 0 Å². The van der Waals surface area contributed by atoms with Gasteiger partial charge in [-0.2, -0.15) is 0 Å². The number of hydrogen-bond acceptors (Lipinski definition) is 3. The number of aryl methyl sites for hydroxylation is 1.